The van der Waals surface area contributed by atoms with Crippen molar-refractivity contribution in [2.75, 3.05) is 19.6 Å². The summed E-state index contributed by atoms with van der Waals surface area (Å²) in [5.74, 6) is 0.136. The molecule has 1 aromatic heterocycles. The first-order valence-electron chi connectivity index (χ1n) is 5.33. The highest BCUT2D eigenvalue weighted by molar-refractivity contribution is 6.29. The number of halogens is 1. The first kappa shape index (κ1) is 11.4. The number of rotatable bonds is 2. The first-order chi connectivity index (χ1) is 7.74. The van der Waals surface area contributed by atoms with Crippen LogP contribution >= 0.6 is 11.6 Å². The average molecular weight is 240 g/mol. The van der Waals surface area contributed by atoms with Gasteiger partial charge in [-0.2, -0.15) is 0 Å². The third-order valence-electron chi connectivity index (χ3n) is 2.60. The van der Waals surface area contributed by atoms with Crippen molar-refractivity contribution in [3.05, 3.63) is 29.0 Å². The molecule has 4 nitrogen and oxygen atoms in total. The quantitative estimate of drug-likeness (QED) is 0.785. The van der Waals surface area contributed by atoms with E-state index in [0.29, 0.717) is 11.6 Å². The predicted molar refractivity (Wildman–Crippen MR) is 62.2 cm³/mol. The monoisotopic (exact) mass is 239 g/mol. The van der Waals surface area contributed by atoms with Crippen molar-refractivity contribution in [2.24, 2.45) is 0 Å². The number of carbonyl (C=O) groups excluding carboxylic acids is 1. The average Bonchev–Trinajstić information content (AvgIpc) is 2.47. The zero-order valence-electron chi connectivity index (χ0n) is 8.95. The Hall–Kier alpha value is -1.13. The van der Waals surface area contributed by atoms with Crippen LogP contribution in [0.15, 0.2) is 18.3 Å². The molecule has 0 spiro atoms. The van der Waals surface area contributed by atoms with Crippen molar-refractivity contribution < 1.29 is 4.79 Å². The van der Waals surface area contributed by atoms with E-state index in [0.717, 1.165) is 31.7 Å². The van der Waals surface area contributed by atoms with Gasteiger partial charge in [-0.25, -0.2) is 4.98 Å². The van der Waals surface area contributed by atoms with Gasteiger partial charge in [-0.15, -0.1) is 0 Å². The lowest BCUT2D eigenvalue weighted by Crippen LogP contribution is -2.28. The Balaban J connectivity index is 1.93. The van der Waals surface area contributed by atoms with Crippen LogP contribution in [0.3, 0.4) is 0 Å². The maximum Gasteiger partial charge on any atom is 0.221 e. The van der Waals surface area contributed by atoms with E-state index in [9.17, 15) is 4.79 Å². The van der Waals surface area contributed by atoms with Crippen LogP contribution in [-0.4, -0.2) is 35.4 Å². The molecule has 0 saturated carbocycles. The van der Waals surface area contributed by atoms with Crippen molar-refractivity contribution in [3.63, 3.8) is 0 Å². The highest BCUT2D eigenvalue weighted by Gasteiger charge is 2.13. The fourth-order valence-corrected chi connectivity index (χ4v) is 1.84. The molecule has 5 heteroatoms. The van der Waals surface area contributed by atoms with E-state index in [2.05, 4.69) is 15.2 Å². The summed E-state index contributed by atoms with van der Waals surface area (Å²) >= 11 is 5.72. The van der Waals surface area contributed by atoms with Crippen LogP contribution in [0.2, 0.25) is 5.15 Å². The molecule has 1 amide bonds. The first-order valence-corrected chi connectivity index (χ1v) is 5.71. The topological polar surface area (TPSA) is 45.2 Å². The fraction of sp³-hybridized carbons (Fsp3) is 0.455. The predicted octanol–water partition coefficient (Wildman–Crippen LogP) is 1.06. The van der Waals surface area contributed by atoms with Crippen LogP contribution in [0, 0.1) is 0 Å². The second-order valence-corrected chi connectivity index (χ2v) is 4.25. The maximum atomic E-state index is 11.2. The molecule has 1 saturated heterocycles. The number of hydrogen-bond acceptors (Lipinski definition) is 3. The number of nitrogens with one attached hydrogen (secondary N) is 1. The Kier molecular flexibility index (Phi) is 3.74. The molecule has 1 fully saturated rings. The van der Waals surface area contributed by atoms with Gasteiger partial charge in [0.05, 0.1) is 0 Å². The molecule has 0 radical (unpaired) electrons. The van der Waals surface area contributed by atoms with Crippen molar-refractivity contribution in [1.29, 1.82) is 0 Å². The summed E-state index contributed by atoms with van der Waals surface area (Å²) in [4.78, 5) is 17.4. The molecule has 1 aliphatic heterocycles. The van der Waals surface area contributed by atoms with Crippen molar-refractivity contribution in [1.82, 2.24) is 15.2 Å². The molecular weight excluding hydrogens is 226 g/mol. The molecule has 0 unspecified atom stereocenters. The van der Waals surface area contributed by atoms with Gasteiger partial charge in [0.1, 0.15) is 5.15 Å². The number of amides is 1. The summed E-state index contributed by atoms with van der Waals surface area (Å²) in [6.45, 7) is 3.22. The minimum atomic E-state index is 0.136. The number of nitrogens with zero attached hydrogens (tertiary/aromatic N) is 2. The molecule has 1 aliphatic rings. The second-order valence-electron chi connectivity index (χ2n) is 3.87. The van der Waals surface area contributed by atoms with E-state index in [-0.39, 0.29) is 5.91 Å². The lowest BCUT2D eigenvalue weighted by molar-refractivity contribution is -0.120. The number of carbonyl (C=O) groups is 1. The zero-order chi connectivity index (χ0) is 11.4. The number of pyridine rings is 1. The molecule has 2 rings (SSSR count). The molecule has 0 aromatic carbocycles. The number of aromatic nitrogens is 1. The largest absolute Gasteiger partial charge is 0.355 e. The van der Waals surface area contributed by atoms with E-state index in [4.69, 9.17) is 11.6 Å². The van der Waals surface area contributed by atoms with Gasteiger partial charge in [0.2, 0.25) is 5.91 Å². The van der Waals surface area contributed by atoms with Crippen LogP contribution in [0.25, 0.3) is 0 Å². The van der Waals surface area contributed by atoms with Gasteiger partial charge in [0.25, 0.3) is 0 Å². The third-order valence-corrected chi connectivity index (χ3v) is 2.82. The van der Waals surface area contributed by atoms with Crippen molar-refractivity contribution in [2.45, 2.75) is 13.0 Å². The van der Waals surface area contributed by atoms with E-state index >= 15 is 0 Å². The zero-order valence-corrected chi connectivity index (χ0v) is 9.70. The normalized spacial score (nSPS) is 17.9. The van der Waals surface area contributed by atoms with Crippen molar-refractivity contribution >= 4 is 17.5 Å². The summed E-state index contributed by atoms with van der Waals surface area (Å²) < 4.78 is 0. The van der Waals surface area contributed by atoms with Gasteiger partial charge in [-0.05, 0) is 11.6 Å². The van der Waals surface area contributed by atoms with E-state index < -0.39 is 0 Å². The van der Waals surface area contributed by atoms with Gasteiger partial charge in [0, 0.05) is 38.8 Å². The lowest BCUT2D eigenvalue weighted by Gasteiger charge is -2.18. The highest BCUT2D eigenvalue weighted by atomic mass is 35.5. The second kappa shape index (κ2) is 5.27. The third kappa shape index (κ3) is 3.18. The Morgan fingerprint density at radius 2 is 2.31 bits per heavy atom. The van der Waals surface area contributed by atoms with Gasteiger partial charge in [-0.3, -0.25) is 9.69 Å². The summed E-state index contributed by atoms with van der Waals surface area (Å²) in [6.07, 6.45) is 2.35. The molecule has 0 atom stereocenters. The summed E-state index contributed by atoms with van der Waals surface area (Å²) in [7, 11) is 0. The lowest BCUT2D eigenvalue weighted by atomic mass is 10.2. The molecule has 2 heterocycles. The maximum absolute atomic E-state index is 11.2. The van der Waals surface area contributed by atoms with Gasteiger partial charge < -0.3 is 5.32 Å². The minimum absolute atomic E-state index is 0.136. The Morgan fingerprint density at radius 1 is 1.44 bits per heavy atom. The highest BCUT2D eigenvalue weighted by Crippen LogP contribution is 2.09. The van der Waals surface area contributed by atoms with Crippen LogP contribution in [0.1, 0.15) is 12.0 Å². The summed E-state index contributed by atoms with van der Waals surface area (Å²) in [5, 5.41) is 3.36. The van der Waals surface area contributed by atoms with Crippen LogP contribution < -0.4 is 5.32 Å². The summed E-state index contributed by atoms with van der Waals surface area (Å²) in [6, 6.07) is 3.76. The van der Waals surface area contributed by atoms with E-state index in [1.165, 1.54) is 0 Å². The van der Waals surface area contributed by atoms with E-state index in [1.807, 2.05) is 6.07 Å². The van der Waals surface area contributed by atoms with Crippen LogP contribution in [0.5, 0.6) is 0 Å². The van der Waals surface area contributed by atoms with Gasteiger partial charge in [-0.1, -0.05) is 17.7 Å². The fourth-order valence-electron chi connectivity index (χ4n) is 1.73. The Labute approximate surface area is 99.6 Å². The SMILES string of the molecule is O=C1CCN(Cc2ccc(Cl)nc2)CCN1. The molecule has 1 N–H and O–H groups in total. The molecule has 0 bridgehead atoms. The molecular formula is C11H14ClN3O. The van der Waals surface area contributed by atoms with Gasteiger partial charge >= 0.3 is 0 Å². The van der Waals surface area contributed by atoms with Crippen LogP contribution in [0.4, 0.5) is 0 Å². The van der Waals surface area contributed by atoms with Crippen molar-refractivity contribution in [3.8, 4) is 0 Å². The minimum Gasteiger partial charge on any atom is -0.355 e. The molecule has 16 heavy (non-hydrogen) atoms. The molecule has 0 aliphatic carbocycles. The smallest absolute Gasteiger partial charge is 0.221 e. The standard InChI is InChI=1S/C11H14ClN3O/c12-10-2-1-9(7-14-10)8-15-5-3-11(16)13-4-6-15/h1-2,7H,3-6,8H2,(H,13,16). The van der Waals surface area contributed by atoms with Gasteiger partial charge in [0.15, 0.2) is 0 Å². The van der Waals surface area contributed by atoms with E-state index in [1.54, 1.807) is 12.3 Å². The molecule has 86 valence electrons. The van der Waals surface area contributed by atoms with Crippen LogP contribution in [-0.2, 0) is 11.3 Å². The molecule has 1 aromatic rings. The number of hydrogen-bond donors (Lipinski definition) is 1. The summed E-state index contributed by atoms with van der Waals surface area (Å²) in [5.41, 5.74) is 1.12. The Morgan fingerprint density at radius 3 is 3.06 bits per heavy atom. The Bertz CT molecular complexity index is 366.